The summed E-state index contributed by atoms with van der Waals surface area (Å²) in [5.41, 5.74) is 4.13. The summed E-state index contributed by atoms with van der Waals surface area (Å²) in [7, 11) is 0. The number of allylic oxidation sites excluding steroid dienone is 1. The third-order valence-electron chi connectivity index (χ3n) is 7.14. The summed E-state index contributed by atoms with van der Waals surface area (Å²) >= 11 is 1.26. The van der Waals surface area contributed by atoms with Crippen molar-refractivity contribution >= 4 is 29.1 Å². The molecule has 0 fully saturated rings. The van der Waals surface area contributed by atoms with Gasteiger partial charge in [0.2, 0.25) is 0 Å². The van der Waals surface area contributed by atoms with Crippen molar-refractivity contribution in [2.45, 2.75) is 46.3 Å². The van der Waals surface area contributed by atoms with E-state index >= 15 is 0 Å². The molecular weight excluding hydrogens is 566 g/mol. The second-order valence-electron chi connectivity index (χ2n) is 10.4. The van der Waals surface area contributed by atoms with Crippen LogP contribution in [-0.2, 0) is 16.1 Å². The van der Waals surface area contributed by atoms with Crippen LogP contribution in [0.5, 0.6) is 5.75 Å². The minimum Gasteiger partial charge on any atom is -0.489 e. The highest BCUT2D eigenvalue weighted by Gasteiger charge is 2.33. The van der Waals surface area contributed by atoms with Crippen molar-refractivity contribution in [2.24, 2.45) is 4.99 Å². The minimum absolute atomic E-state index is 0.0200. The van der Waals surface area contributed by atoms with Crippen LogP contribution in [0.2, 0.25) is 0 Å². The predicted molar refractivity (Wildman–Crippen MR) is 165 cm³/mol. The minimum atomic E-state index is -0.671. The highest BCUT2D eigenvalue weighted by molar-refractivity contribution is 7.07. The Kier molecular flexibility index (Phi) is 8.68. The van der Waals surface area contributed by atoms with E-state index in [0.29, 0.717) is 32.3 Å². The highest BCUT2D eigenvalue weighted by Crippen LogP contribution is 2.31. The fraction of sp³-hybridized carbons (Fsp3) is 0.242. The van der Waals surface area contributed by atoms with Gasteiger partial charge < -0.3 is 9.47 Å². The average molecular weight is 598 g/mol. The summed E-state index contributed by atoms with van der Waals surface area (Å²) in [6, 6.07) is 20.8. The number of hydrogen-bond donors (Lipinski definition) is 0. The zero-order chi connectivity index (χ0) is 30.7. The van der Waals surface area contributed by atoms with E-state index in [1.165, 1.54) is 23.5 Å². The SMILES string of the molecule is CCOC(=O)C1=C(C)N=c2s/c(=C\c3cccc(OCc4ccc([N+](=O)[O-])cc4)c3)c(=O)n2[C@@H]1c1ccc(C(C)C)cc1. The van der Waals surface area contributed by atoms with Crippen LogP contribution in [0.1, 0.15) is 61.9 Å². The Balaban J connectivity index is 1.50. The molecule has 0 radical (unpaired) electrons. The molecule has 1 aliphatic rings. The maximum Gasteiger partial charge on any atom is 0.338 e. The van der Waals surface area contributed by atoms with Gasteiger partial charge in [0.25, 0.3) is 11.2 Å². The number of benzene rings is 3. The number of hydrogen-bond acceptors (Lipinski definition) is 8. The zero-order valence-corrected chi connectivity index (χ0v) is 25.1. The molecule has 0 N–H and O–H groups in total. The summed E-state index contributed by atoms with van der Waals surface area (Å²) in [6.07, 6.45) is 1.78. The van der Waals surface area contributed by atoms with Crippen LogP contribution in [0.3, 0.4) is 0 Å². The number of thiazole rings is 1. The van der Waals surface area contributed by atoms with Crippen LogP contribution < -0.4 is 19.6 Å². The summed E-state index contributed by atoms with van der Waals surface area (Å²) < 4.78 is 13.3. The average Bonchev–Trinajstić information content (AvgIpc) is 3.29. The summed E-state index contributed by atoms with van der Waals surface area (Å²) in [4.78, 5) is 42.6. The van der Waals surface area contributed by atoms with Gasteiger partial charge in [0.15, 0.2) is 4.80 Å². The Morgan fingerprint density at radius 3 is 2.49 bits per heavy atom. The van der Waals surface area contributed by atoms with E-state index < -0.39 is 16.9 Å². The number of aromatic nitrogens is 1. The Morgan fingerprint density at radius 2 is 1.84 bits per heavy atom. The molecule has 0 amide bonds. The maximum atomic E-state index is 13.9. The number of fused-ring (bicyclic) bond motifs is 1. The van der Waals surface area contributed by atoms with Crippen LogP contribution in [0.15, 0.2) is 93.9 Å². The first-order valence-corrected chi connectivity index (χ1v) is 14.7. The second-order valence-corrected chi connectivity index (χ2v) is 11.4. The Hall–Kier alpha value is -4.83. The Bertz CT molecular complexity index is 1890. The lowest BCUT2D eigenvalue weighted by Crippen LogP contribution is -2.39. The fourth-order valence-electron chi connectivity index (χ4n) is 4.90. The van der Waals surface area contributed by atoms with Crippen LogP contribution in [-0.4, -0.2) is 22.1 Å². The Morgan fingerprint density at radius 1 is 1.12 bits per heavy atom. The summed E-state index contributed by atoms with van der Waals surface area (Å²) in [6.45, 7) is 8.18. The predicted octanol–water partition coefficient (Wildman–Crippen LogP) is 5.41. The fourth-order valence-corrected chi connectivity index (χ4v) is 5.94. The quantitative estimate of drug-likeness (QED) is 0.145. The van der Waals surface area contributed by atoms with Crippen LogP contribution in [0, 0.1) is 10.1 Å². The maximum absolute atomic E-state index is 13.9. The molecule has 0 saturated carbocycles. The van der Waals surface area contributed by atoms with E-state index in [-0.39, 0.29) is 24.5 Å². The number of rotatable bonds is 9. The molecule has 0 aliphatic carbocycles. The van der Waals surface area contributed by atoms with Gasteiger partial charge in [0.05, 0.1) is 33.4 Å². The zero-order valence-electron chi connectivity index (χ0n) is 24.3. The molecule has 1 aromatic heterocycles. The number of non-ortho nitro benzene ring substituents is 1. The van der Waals surface area contributed by atoms with Crippen LogP contribution in [0.25, 0.3) is 6.08 Å². The summed E-state index contributed by atoms with van der Waals surface area (Å²) in [5, 5.41) is 10.9. The van der Waals surface area contributed by atoms with Crippen molar-refractivity contribution in [3.8, 4) is 5.75 Å². The molecule has 0 saturated heterocycles. The lowest BCUT2D eigenvalue weighted by Gasteiger charge is -2.25. The van der Waals surface area contributed by atoms with Crippen molar-refractivity contribution < 1.29 is 19.2 Å². The molecule has 43 heavy (non-hydrogen) atoms. The van der Waals surface area contributed by atoms with Gasteiger partial charge in [0.1, 0.15) is 12.4 Å². The van der Waals surface area contributed by atoms with E-state index in [0.717, 1.165) is 22.3 Å². The smallest absolute Gasteiger partial charge is 0.338 e. The van der Waals surface area contributed by atoms with Crippen molar-refractivity contribution in [3.05, 3.63) is 136 Å². The van der Waals surface area contributed by atoms with Crippen molar-refractivity contribution in [2.75, 3.05) is 6.61 Å². The topological polar surface area (TPSA) is 113 Å². The van der Waals surface area contributed by atoms with Gasteiger partial charge in [-0.1, -0.05) is 61.6 Å². The lowest BCUT2D eigenvalue weighted by molar-refractivity contribution is -0.384. The third kappa shape index (κ3) is 6.34. The highest BCUT2D eigenvalue weighted by atomic mass is 32.1. The van der Waals surface area contributed by atoms with Gasteiger partial charge in [0, 0.05) is 12.1 Å². The molecule has 3 aromatic carbocycles. The number of esters is 1. The molecule has 0 spiro atoms. The second kappa shape index (κ2) is 12.6. The molecule has 1 atom stereocenters. The van der Waals surface area contributed by atoms with E-state index in [2.05, 4.69) is 18.8 Å². The van der Waals surface area contributed by atoms with E-state index in [9.17, 15) is 19.7 Å². The molecule has 220 valence electrons. The van der Waals surface area contributed by atoms with Gasteiger partial charge in [-0.3, -0.25) is 19.5 Å². The number of nitro benzene ring substituents is 1. The monoisotopic (exact) mass is 597 g/mol. The standard InChI is InChI=1S/C33H31N3O6S/c1-5-41-32(38)29-21(4)34-33-35(30(29)25-13-11-24(12-14-25)20(2)3)31(37)28(43-33)18-23-7-6-8-27(17-23)42-19-22-9-15-26(16-10-22)36(39)40/h6-18,20,30H,5,19H2,1-4H3/b28-18-/t30-/m1/s1. The van der Waals surface area contributed by atoms with E-state index in [1.807, 2.05) is 42.5 Å². The molecular formula is C33H31N3O6S. The van der Waals surface area contributed by atoms with Gasteiger partial charge in [-0.15, -0.1) is 0 Å². The number of nitro groups is 1. The molecule has 9 nitrogen and oxygen atoms in total. The first-order valence-electron chi connectivity index (χ1n) is 13.9. The molecule has 10 heteroatoms. The van der Waals surface area contributed by atoms with Crippen LogP contribution in [0.4, 0.5) is 5.69 Å². The lowest BCUT2D eigenvalue weighted by atomic mass is 9.93. The van der Waals surface area contributed by atoms with E-state index in [1.54, 1.807) is 42.7 Å². The molecule has 2 heterocycles. The van der Waals surface area contributed by atoms with Crippen molar-refractivity contribution in [3.63, 3.8) is 0 Å². The largest absolute Gasteiger partial charge is 0.489 e. The Labute approximate surface area is 252 Å². The number of nitrogens with zero attached hydrogens (tertiary/aromatic N) is 3. The first kappa shape index (κ1) is 29.7. The molecule has 1 aliphatic heterocycles. The third-order valence-corrected chi connectivity index (χ3v) is 8.13. The van der Waals surface area contributed by atoms with Gasteiger partial charge in [-0.25, -0.2) is 9.79 Å². The number of carbonyl (C=O) groups excluding carboxylic acids is 1. The van der Waals surface area contributed by atoms with Crippen LogP contribution >= 0.6 is 11.3 Å². The molecule has 0 bridgehead atoms. The molecule has 4 aromatic rings. The first-order chi connectivity index (χ1) is 20.7. The van der Waals surface area contributed by atoms with Crippen molar-refractivity contribution in [1.82, 2.24) is 4.57 Å². The normalized spacial score (nSPS) is 14.8. The number of ether oxygens (including phenoxy) is 2. The van der Waals surface area contributed by atoms with Gasteiger partial charge in [-0.05, 0) is 72.4 Å². The molecule has 5 rings (SSSR count). The molecule has 0 unspecified atom stereocenters. The van der Waals surface area contributed by atoms with Gasteiger partial charge >= 0.3 is 5.97 Å². The van der Waals surface area contributed by atoms with Crippen molar-refractivity contribution in [1.29, 1.82) is 0 Å². The van der Waals surface area contributed by atoms with E-state index in [4.69, 9.17) is 9.47 Å². The summed E-state index contributed by atoms with van der Waals surface area (Å²) in [5.74, 6) is 0.434. The number of carbonyl (C=O) groups is 1. The van der Waals surface area contributed by atoms with Gasteiger partial charge in [-0.2, -0.15) is 0 Å².